The Morgan fingerprint density at radius 1 is 1.33 bits per heavy atom. The predicted molar refractivity (Wildman–Crippen MR) is 55.4 cm³/mol. The first-order chi connectivity index (χ1) is 7.24. The third-order valence-corrected chi connectivity index (χ3v) is 2.37. The zero-order valence-electron chi connectivity index (χ0n) is 8.53. The van der Waals surface area contributed by atoms with Crippen LogP contribution >= 0.6 is 0 Å². The molecular weight excluding hydrogens is 194 g/mol. The Morgan fingerprint density at radius 3 is 2.60 bits per heavy atom. The fourth-order valence-electron chi connectivity index (χ4n) is 1.63. The van der Waals surface area contributed by atoms with Crippen LogP contribution in [0.5, 0.6) is 11.5 Å². The largest absolute Gasteiger partial charge is 0.486 e. The number of hydrogen-bond acceptors (Lipinski definition) is 4. The van der Waals surface area contributed by atoms with Gasteiger partial charge in [-0.25, -0.2) is 0 Å². The van der Waals surface area contributed by atoms with Gasteiger partial charge in [-0.05, 0) is 13.0 Å². The lowest BCUT2D eigenvalue weighted by Crippen LogP contribution is -2.19. The van der Waals surface area contributed by atoms with Crippen LogP contribution in [0.3, 0.4) is 0 Å². The number of ether oxygens (including phenoxy) is 2. The van der Waals surface area contributed by atoms with E-state index in [2.05, 4.69) is 0 Å². The summed E-state index contributed by atoms with van der Waals surface area (Å²) in [6.07, 6.45) is 0.762. The van der Waals surface area contributed by atoms with Crippen molar-refractivity contribution in [3.8, 4) is 11.5 Å². The maximum absolute atomic E-state index is 10.8. The zero-order valence-corrected chi connectivity index (χ0v) is 8.53. The zero-order chi connectivity index (χ0) is 10.8. The molecule has 4 heteroatoms. The molecule has 1 aliphatic heterocycles. The molecule has 0 spiro atoms. The highest BCUT2D eigenvalue weighted by Gasteiger charge is 2.21. The first-order valence-electron chi connectivity index (χ1n) is 4.87. The SMILES string of the molecule is CC(N)c1ccc(C=O)c2c1OCCO2. The lowest BCUT2D eigenvalue weighted by Gasteiger charge is -2.23. The third-order valence-electron chi connectivity index (χ3n) is 2.37. The highest BCUT2D eigenvalue weighted by Crippen LogP contribution is 2.38. The Morgan fingerprint density at radius 2 is 2.00 bits per heavy atom. The van der Waals surface area contributed by atoms with E-state index in [0.29, 0.717) is 30.3 Å². The maximum Gasteiger partial charge on any atom is 0.172 e. The van der Waals surface area contributed by atoms with Crippen LogP contribution in [0.4, 0.5) is 0 Å². The van der Waals surface area contributed by atoms with E-state index in [4.69, 9.17) is 15.2 Å². The second kappa shape index (κ2) is 3.90. The molecule has 2 N–H and O–H groups in total. The molecule has 0 radical (unpaired) electrons. The van der Waals surface area contributed by atoms with Crippen molar-refractivity contribution in [3.05, 3.63) is 23.3 Å². The van der Waals surface area contributed by atoms with Crippen molar-refractivity contribution < 1.29 is 14.3 Å². The summed E-state index contributed by atoms with van der Waals surface area (Å²) >= 11 is 0. The number of rotatable bonds is 2. The quantitative estimate of drug-likeness (QED) is 0.742. The minimum absolute atomic E-state index is 0.138. The molecule has 1 aromatic rings. The van der Waals surface area contributed by atoms with Crippen LogP contribution in [-0.2, 0) is 0 Å². The molecule has 0 bridgehead atoms. The molecule has 0 aromatic heterocycles. The van der Waals surface area contributed by atoms with Crippen LogP contribution in [-0.4, -0.2) is 19.5 Å². The Kier molecular flexibility index (Phi) is 2.60. The van der Waals surface area contributed by atoms with Crippen molar-refractivity contribution in [2.75, 3.05) is 13.2 Å². The molecule has 1 aromatic carbocycles. The van der Waals surface area contributed by atoms with Gasteiger partial charge in [0.1, 0.15) is 13.2 Å². The van der Waals surface area contributed by atoms with Gasteiger partial charge in [-0.15, -0.1) is 0 Å². The van der Waals surface area contributed by atoms with Gasteiger partial charge in [-0.3, -0.25) is 4.79 Å². The molecule has 0 aliphatic carbocycles. The van der Waals surface area contributed by atoms with E-state index in [9.17, 15) is 4.79 Å². The molecule has 2 rings (SSSR count). The number of carbonyl (C=O) groups excluding carboxylic acids is 1. The number of hydrogen-bond donors (Lipinski definition) is 1. The standard InChI is InChI=1S/C11H13NO3/c1-7(12)9-3-2-8(6-13)10-11(9)15-5-4-14-10/h2-3,6-7H,4-5,12H2,1H3. The van der Waals surface area contributed by atoms with Crippen LogP contribution in [0, 0.1) is 0 Å². The van der Waals surface area contributed by atoms with Gasteiger partial charge in [0, 0.05) is 11.6 Å². The monoisotopic (exact) mass is 207 g/mol. The second-order valence-corrected chi connectivity index (χ2v) is 3.51. The predicted octanol–water partition coefficient (Wildman–Crippen LogP) is 1.29. The first-order valence-corrected chi connectivity index (χ1v) is 4.87. The summed E-state index contributed by atoms with van der Waals surface area (Å²) < 4.78 is 10.9. The number of nitrogens with two attached hydrogens (primary N) is 1. The van der Waals surface area contributed by atoms with E-state index in [1.54, 1.807) is 6.07 Å². The normalized spacial score (nSPS) is 15.9. The number of benzene rings is 1. The average molecular weight is 207 g/mol. The van der Waals surface area contributed by atoms with E-state index in [1.807, 2.05) is 13.0 Å². The van der Waals surface area contributed by atoms with Crippen molar-refractivity contribution in [2.45, 2.75) is 13.0 Å². The molecule has 15 heavy (non-hydrogen) atoms. The molecule has 1 unspecified atom stereocenters. The summed E-state index contributed by atoms with van der Waals surface area (Å²) in [4.78, 5) is 10.8. The van der Waals surface area contributed by atoms with Gasteiger partial charge in [0.05, 0.1) is 5.56 Å². The molecular formula is C11H13NO3. The summed E-state index contributed by atoms with van der Waals surface area (Å²) in [6, 6.07) is 3.38. The molecule has 80 valence electrons. The van der Waals surface area contributed by atoms with Gasteiger partial charge in [0.2, 0.25) is 0 Å². The van der Waals surface area contributed by atoms with Gasteiger partial charge < -0.3 is 15.2 Å². The number of carbonyl (C=O) groups is 1. The van der Waals surface area contributed by atoms with Crippen molar-refractivity contribution in [2.24, 2.45) is 5.73 Å². The summed E-state index contributed by atoms with van der Waals surface area (Å²) in [7, 11) is 0. The lowest BCUT2D eigenvalue weighted by molar-refractivity contribution is 0.111. The fourth-order valence-corrected chi connectivity index (χ4v) is 1.63. The van der Waals surface area contributed by atoms with Crippen molar-refractivity contribution in [3.63, 3.8) is 0 Å². The average Bonchev–Trinajstić information content (AvgIpc) is 2.27. The molecule has 1 aliphatic rings. The Hall–Kier alpha value is -1.55. The molecule has 1 heterocycles. The van der Waals surface area contributed by atoms with Gasteiger partial charge in [0.15, 0.2) is 17.8 Å². The first kappa shape index (κ1) is 9.98. The molecule has 4 nitrogen and oxygen atoms in total. The molecule has 0 saturated heterocycles. The van der Waals surface area contributed by atoms with Gasteiger partial charge in [-0.2, -0.15) is 0 Å². The highest BCUT2D eigenvalue weighted by atomic mass is 16.6. The third kappa shape index (κ3) is 1.68. The Bertz CT molecular complexity index is 388. The summed E-state index contributed by atoms with van der Waals surface area (Å²) in [5.74, 6) is 1.13. The van der Waals surface area contributed by atoms with Gasteiger partial charge in [-0.1, -0.05) is 6.07 Å². The van der Waals surface area contributed by atoms with E-state index in [1.165, 1.54) is 0 Å². The van der Waals surface area contributed by atoms with Gasteiger partial charge in [0.25, 0.3) is 0 Å². The van der Waals surface area contributed by atoms with E-state index in [-0.39, 0.29) is 6.04 Å². The molecule has 0 amide bonds. The summed E-state index contributed by atoms with van der Waals surface area (Å²) in [5.41, 5.74) is 7.18. The van der Waals surface area contributed by atoms with Crippen LogP contribution < -0.4 is 15.2 Å². The van der Waals surface area contributed by atoms with E-state index < -0.39 is 0 Å². The van der Waals surface area contributed by atoms with Crippen molar-refractivity contribution >= 4 is 6.29 Å². The minimum atomic E-state index is -0.138. The van der Waals surface area contributed by atoms with Crippen LogP contribution in [0.15, 0.2) is 12.1 Å². The number of aldehydes is 1. The lowest BCUT2D eigenvalue weighted by atomic mass is 10.0. The van der Waals surface area contributed by atoms with Crippen LogP contribution in [0.25, 0.3) is 0 Å². The topological polar surface area (TPSA) is 61.6 Å². The molecule has 0 fully saturated rings. The highest BCUT2D eigenvalue weighted by molar-refractivity contribution is 5.82. The van der Waals surface area contributed by atoms with Gasteiger partial charge >= 0.3 is 0 Å². The van der Waals surface area contributed by atoms with Crippen molar-refractivity contribution in [1.82, 2.24) is 0 Å². The van der Waals surface area contributed by atoms with Crippen LogP contribution in [0.1, 0.15) is 28.9 Å². The fraction of sp³-hybridized carbons (Fsp3) is 0.364. The Labute approximate surface area is 88.0 Å². The number of fused-ring (bicyclic) bond motifs is 1. The molecule has 0 saturated carbocycles. The summed E-state index contributed by atoms with van der Waals surface area (Å²) in [6.45, 7) is 2.83. The van der Waals surface area contributed by atoms with Crippen LogP contribution in [0.2, 0.25) is 0 Å². The van der Waals surface area contributed by atoms with E-state index >= 15 is 0 Å². The Balaban J connectivity index is 2.57. The molecule has 1 atom stereocenters. The van der Waals surface area contributed by atoms with Crippen molar-refractivity contribution in [1.29, 1.82) is 0 Å². The summed E-state index contributed by atoms with van der Waals surface area (Å²) in [5, 5.41) is 0. The minimum Gasteiger partial charge on any atom is -0.486 e. The smallest absolute Gasteiger partial charge is 0.172 e. The second-order valence-electron chi connectivity index (χ2n) is 3.51. The van der Waals surface area contributed by atoms with E-state index in [0.717, 1.165) is 11.8 Å². The maximum atomic E-state index is 10.8.